The first kappa shape index (κ1) is 12.6. The number of nitrogens with zero attached hydrogens (tertiary/aromatic N) is 2. The molecule has 2 rings (SSSR count). The minimum atomic E-state index is 0.489. The molecule has 0 saturated carbocycles. The second kappa shape index (κ2) is 6.77. The van der Waals surface area contributed by atoms with Gasteiger partial charge in [0.25, 0.3) is 0 Å². The van der Waals surface area contributed by atoms with Crippen LogP contribution in [0.5, 0.6) is 0 Å². The Hall–Kier alpha value is -0.870. The van der Waals surface area contributed by atoms with E-state index in [1.807, 2.05) is 12.5 Å². The van der Waals surface area contributed by atoms with Gasteiger partial charge in [-0.2, -0.15) is 0 Å². The second-order valence-corrected chi connectivity index (χ2v) is 4.68. The van der Waals surface area contributed by atoms with Crippen LogP contribution in [0.2, 0.25) is 0 Å². The van der Waals surface area contributed by atoms with Crippen LogP contribution in [-0.4, -0.2) is 28.8 Å². The molecule has 1 aromatic heterocycles. The van der Waals surface area contributed by atoms with Crippen LogP contribution in [0.3, 0.4) is 0 Å². The molecule has 2 heterocycles. The number of aromatic nitrogens is 2. The molecular weight excluding hydrogens is 214 g/mol. The fourth-order valence-electron chi connectivity index (χ4n) is 2.29. The molecule has 0 radical (unpaired) electrons. The average molecular weight is 237 g/mol. The molecule has 0 bridgehead atoms. The van der Waals surface area contributed by atoms with E-state index in [0.717, 1.165) is 39.1 Å². The third kappa shape index (κ3) is 3.82. The fraction of sp³-hybridized carbons (Fsp3) is 0.769. The summed E-state index contributed by atoms with van der Waals surface area (Å²) in [5, 5.41) is 3.47. The molecule has 1 N–H and O–H groups in total. The van der Waals surface area contributed by atoms with Gasteiger partial charge >= 0.3 is 0 Å². The minimum absolute atomic E-state index is 0.489. The molecule has 0 spiro atoms. The molecule has 1 fully saturated rings. The van der Waals surface area contributed by atoms with Gasteiger partial charge in [-0.1, -0.05) is 6.92 Å². The van der Waals surface area contributed by atoms with Crippen molar-refractivity contribution in [3.8, 4) is 0 Å². The van der Waals surface area contributed by atoms with E-state index in [0.29, 0.717) is 6.10 Å². The summed E-state index contributed by atoms with van der Waals surface area (Å²) in [6, 6.07) is 0. The molecule has 0 aliphatic carbocycles. The van der Waals surface area contributed by atoms with Crippen molar-refractivity contribution in [2.75, 3.05) is 13.2 Å². The zero-order chi connectivity index (χ0) is 11.9. The number of rotatable bonds is 7. The molecule has 1 saturated heterocycles. The van der Waals surface area contributed by atoms with E-state index in [4.69, 9.17) is 4.74 Å². The lowest BCUT2D eigenvalue weighted by atomic mass is 10.2. The van der Waals surface area contributed by atoms with Gasteiger partial charge in [-0.3, -0.25) is 0 Å². The lowest BCUT2D eigenvalue weighted by molar-refractivity contribution is 0.104. The third-order valence-electron chi connectivity index (χ3n) is 3.24. The van der Waals surface area contributed by atoms with Gasteiger partial charge in [0.05, 0.1) is 18.1 Å². The van der Waals surface area contributed by atoms with Crippen LogP contribution in [0.25, 0.3) is 0 Å². The minimum Gasteiger partial charge on any atom is -0.378 e. The van der Waals surface area contributed by atoms with Gasteiger partial charge in [0.15, 0.2) is 0 Å². The Balaban J connectivity index is 1.65. The maximum absolute atomic E-state index is 5.59. The van der Waals surface area contributed by atoms with Crippen LogP contribution in [-0.2, 0) is 17.8 Å². The summed E-state index contributed by atoms with van der Waals surface area (Å²) in [6.07, 6.45) is 9.10. The van der Waals surface area contributed by atoms with Crippen LogP contribution in [0.4, 0.5) is 0 Å². The topological polar surface area (TPSA) is 39.1 Å². The summed E-state index contributed by atoms with van der Waals surface area (Å²) in [6.45, 7) is 6.14. The zero-order valence-electron chi connectivity index (χ0n) is 10.7. The second-order valence-electron chi connectivity index (χ2n) is 4.68. The van der Waals surface area contributed by atoms with Crippen LogP contribution >= 0.6 is 0 Å². The average Bonchev–Trinajstić information content (AvgIpc) is 2.96. The predicted octanol–water partition coefficient (Wildman–Crippen LogP) is 1.95. The Morgan fingerprint density at radius 1 is 1.59 bits per heavy atom. The Bertz CT molecular complexity index is 318. The van der Waals surface area contributed by atoms with Crippen molar-refractivity contribution in [1.29, 1.82) is 0 Å². The molecule has 1 unspecified atom stereocenters. The van der Waals surface area contributed by atoms with E-state index in [9.17, 15) is 0 Å². The Morgan fingerprint density at radius 3 is 3.29 bits per heavy atom. The van der Waals surface area contributed by atoms with E-state index in [1.54, 1.807) is 0 Å². The first-order chi connectivity index (χ1) is 8.40. The van der Waals surface area contributed by atoms with Crippen molar-refractivity contribution < 1.29 is 4.74 Å². The van der Waals surface area contributed by atoms with Gasteiger partial charge in [0.1, 0.15) is 0 Å². The molecule has 17 heavy (non-hydrogen) atoms. The van der Waals surface area contributed by atoms with Gasteiger partial charge in [-0.25, -0.2) is 4.98 Å². The molecule has 0 aromatic carbocycles. The highest BCUT2D eigenvalue weighted by molar-refractivity contribution is 4.97. The number of hydrogen-bond donors (Lipinski definition) is 1. The summed E-state index contributed by atoms with van der Waals surface area (Å²) in [7, 11) is 0. The molecular formula is C13H23N3O. The molecule has 1 aliphatic heterocycles. The van der Waals surface area contributed by atoms with Crippen LogP contribution in [0, 0.1) is 0 Å². The number of hydrogen-bond acceptors (Lipinski definition) is 3. The maximum atomic E-state index is 5.59. The van der Waals surface area contributed by atoms with E-state index >= 15 is 0 Å². The molecule has 1 atom stereocenters. The molecule has 4 nitrogen and oxygen atoms in total. The number of imidazole rings is 1. The fourth-order valence-corrected chi connectivity index (χ4v) is 2.29. The van der Waals surface area contributed by atoms with Crippen molar-refractivity contribution in [3.05, 3.63) is 18.2 Å². The molecule has 0 amide bonds. The number of ether oxygens (including phenoxy) is 1. The van der Waals surface area contributed by atoms with Crippen molar-refractivity contribution in [2.45, 2.75) is 51.8 Å². The largest absolute Gasteiger partial charge is 0.378 e. The molecule has 1 aliphatic rings. The standard InChI is InChI=1S/C13H23N3O/c1-2-7-16-11-15-10-12(16)9-14-6-5-13-4-3-8-17-13/h10-11,13-14H,2-9H2,1H3. The summed E-state index contributed by atoms with van der Waals surface area (Å²) in [5.41, 5.74) is 1.28. The Morgan fingerprint density at radius 2 is 2.53 bits per heavy atom. The van der Waals surface area contributed by atoms with Crippen molar-refractivity contribution >= 4 is 0 Å². The normalized spacial score (nSPS) is 19.9. The molecule has 4 heteroatoms. The smallest absolute Gasteiger partial charge is 0.0948 e. The summed E-state index contributed by atoms with van der Waals surface area (Å²) in [4.78, 5) is 4.20. The van der Waals surface area contributed by atoms with Gasteiger partial charge < -0.3 is 14.6 Å². The molecule has 1 aromatic rings. The van der Waals surface area contributed by atoms with Crippen molar-refractivity contribution in [1.82, 2.24) is 14.9 Å². The quantitative estimate of drug-likeness (QED) is 0.737. The maximum Gasteiger partial charge on any atom is 0.0948 e. The third-order valence-corrected chi connectivity index (χ3v) is 3.24. The van der Waals surface area contributed by atoms with Crippen LogP contribution in [0.15, 0.2) is 12.5 Å². The van der Waals surface area contributed by atoms with Crippen molar-refractivity contribution in [3.63, 3.8) is 0 Å². The number of nitrogens with one attached hydrogen (secondary N) is 1. The van der Waals surface area contributed by atoms with Crippen molar-refractivity contribution in [2.24, 2.45) is 0 Å². The van der Waals surface area contributed by atoms with E-state index in [2.05, 4.69) is 21.8 Å². The first-order valence-corrected chi connectivity index (χ1v) is 6.71. The predicted molar refractivity (Wildman–Crippen MR) is 67.8 cm³/mol. The summed E-state index contributed by atoms with van der Waals surface area (Å²) >= 11 is 0. The van der Waals surface area contributed by atoms with Gasteiger partial charge in [0, 0.05) is 25.9 Å². The Labute approximate surface area is 103 Å². The zero-order valence-corrected chi connectivity index (χ0v) is 10.7. The highest BCUT2D eigenvalue weighted by Crippen LogP contribution is 2.14. The Kier molecular flexibility index (Phi) is 5.01. The number of aryl methyl sites for hydroxylation is 1. The van der Waals surface area contributed by atoms with Gasteiger partial charge in [-0.05, 0) is 32.2 Å². The van der Waals surface area contributed by atoms with Crippen LogP contribution < -0.4 is 5.32 Å². The monoisotopic (exact) mass is 237 g/mol. The van der Waals surface area contributed by atoms with Gasteiger partial charge in [-0.15, -0.1) is 0 Å². The van der Waals surface area contributed by atoms with E-state index in [-0.39, 0.29) is 0 Å². The van der Waals surface area contributed by atoms with Crippen LogP contribution in [0.1, 0.15) is 38.3 Å². The highest BCUT2D eigenvalue weighted by atomic mass is 16.5. The summed E-state index contributed by atoms with van der Waals surface area (Å²) < 4.78 is 7.82. The first-order valence-electron chi connectivity index (χ1n) is 6.71. The lowest BCUT2D eigenvalue weighted by Gasteiger charge is -2.11. The highest BCUT2D eigenvalue weighted by Gasteiger charge is 2.14. The molecule has 96 valence electrons. The van der Waals surface area contributed by atoms with E-state index < -0.39 is 0 Å². The van der Waals surface area contributed by atoms with E-state index in [1.165, 1.54) is 18.5 Å². The van der Waals surface area contributed by atoms with Gasteiger partial charge in [0.2, 0.25) is 0 Å². The summed E-state index contributed by atoms with van der Waals surface area (Å²) in [5.74, 6) is 0. The SMILES string of the molecule is CCCn1cncc1CNCCC1CCCO1. The lowest BCUT2D eigenvalue weighted by Crippen LogP contribution is -2.21.